The van der Waals surface area contributed by atoms with Gasteiger partial charge in [0, 0.05) is 24.4 Å². The Morgan fingerprint density at radius 3 is 2.83 bits per heavy atom. The maximum atomic E-state index is 12.3. The van der Waals surface area contributed by atoms with Gasteiger partial charge in [0.15, 0.2) is 6.10 Å². The molecule has 1 aromatic rings. The molecule has 0 radical (unpaired) electrons. The minimum Gasteiger partial charge on any atom is -0.390 e. The Morgan fingerprint density at radius 1 is 1.39 bits per heavy atom. The lowest BCUT2D eigenvalue weighted by Crippen LogP contribution is -2.38. The van der Waals surface area contributed by atoms with Crippen molar-refractivity contribution in [3.05, 3.63) is 46.5 Å². The van der Waals surface area contributed by atoms with Crippen molar-refractivity contribution in [2.45, 2.75) is 25.4 Å². The third-order valence-corrected chi connectivity index (χ3v) is 4.74. The summed E-state index contributed by atoms with van der Waals surface area (Å²) in [6.07, 6.45) is 4.23. The van der Waals surface area contributed by atoms with Gasteiger partial charge in [-0.2, -0.15) is 0 Å². The largest absolute Gasteiger partial charge is 0.390 e. The zero-order valence-corrected chi connectivity index (χ0v) is 14.2. The number of halogens is 2. The van der Waals surface area contributed by atoms with Crippen LogP contribution in [-0.2, 0) is 9.63 Å². The molecule has 0 aromatic heterocycles. The van der Waals surface area contributed by atoms with Crippen molar-refractivity contribution in [1.82, 2.24) is 4.90 Å². The molecule has 0 spiro atoms. The van der Waals surface area contributed by atoms with Crippen LogP contribution in [0.2, 0.25) is 10.0 Å². The fraction of sp³-hybridized carbons (Fsp3) is 0.412. The number of benzene rings is 1. The summed E-state index contributed by atoms with van der Waals surface area (Å²) in [5, 5.41) is 5.15. The number of carbonyl (C=O) groups is 1. The maximum absolute atomic E-state index is 12.3. The average molecular weight is 353 g/mol. The first-order valence-corrected chi connectivity index (χ1v) is 8.42. The molecule has 2 aliphatic rings. The molecule has 1 heterocycles. The summed E-state index contributed by atoms with van der Waals surface area (Å²) in [6.45, 7) is 4.79. The van der Waals surface area contributed by atoms with Crippen LogP contribution in [0.25, 0.3) is 0 Å². The number of oxime groups is 1. The van der Waals surface area contributed by atoms with Crippen LogP contribution in [0.1, 0.15) is 24.8 Å². The van der Waals surface area contributed by atoms with E-state index in [1.807, 2.05) is 11.0 Å². The number of amides is 1. The molecule has 1 fully saturated rings. The molecule has 6 heteroatoms. The second-order valence-corrected chi connectivity index (χ2v) is 6.72. The quantitative estimate of drug-likeness (QED) is 0.728. The Labute approximate surface area is 145 Å². The molecule has 1 aliphatic heterocycles. The summed E-state index contributed by atoms with van der Waals surface area (Å²) in [4.78, 5) is 19.6. The summed E-state index contributed by atoms with van der Waals surface area (Å²) in [7, 11) is 0. The molecule has 3 rings (SSSR count). The maximum Gasteiger partial charge on any atom is 0.226 e. The Morgan fingerprint density at radius 2 is 2.17 bits per heavy atom. The second kappa shape index (κ2) is 6.93. The summed E-state index contributed by atoms with van der Waals surface area (Å²) < 4.78 is 0. The van der Waals surface area contributed by atoms with E-state index in [0.717, 1.165) is 24.1 Å². The molecule has 1 unspecified atom stereocenters. The molecular formula is C17H18Cl2N2O2. The van der Waals surface area contributed by atoms with Gasteiger partial charge in [0.25, 0.3) is 0 Å². The van der Waals surface area contributed by atoms with E-state index in [1.54, 1.807) is 18.2 Å². The fourth-order valence-corrected chi connectivity index (χ4v) is 2.92. The van der Waals surface area contributed by atoms with Gasteiger partial charge in [-0.15, -0.1) is 6.58 Å². The highest BCUT2D eigenvalue weighted by atomic mass is 35.5. The van der Waals surface area contributed by atoms with E-state index in [-0.39, 0.29) is 17.9 Å². The zero-order chi connectivity index (χ0) is 16.4. The lowest BCUT2D eigenvalue weighted by atomic mass is 10.0. The minimum absolute atomic E-state index is 0.137. The van der Waals surface area contributed by atoms with Crippen LogP contribution < -0.4 is 0 Å². The van der Waals surface area contributed by atoms with Crippen molar-refractivity contribution in [2.24, 2.45) is 11.1 Å². The molecule has 0 bridgehead atoms. The van der Waals surface area contributed by atoms with E-state index < -0.39 is 0 Å². The van der Waals surface area contributed by atoms with Gasteiger partial charge in [-0.25, -0.2) is 0 Å². The monoisotopic (exact) mass is 352 g/mol. The molecule has 0 N–H and O–H groups in total. The smallest absolute Gasteiger partial charge is 0.226 e. The molecule has 23 heavy (non-hydrogen) atoms. The second-order valence-electron chi connectivity index (χ2n) is 5.90. The van der Waals surface area contributed by atoms with Crippen LogP contribution in [0.15, 0.2) is 36.0 Å². The van der Waals surface area contributed by atoms with Gasteiger partial charge in [-0.1, -0.05) is 40.5 Å². The predicted octanol–water partition coefficient (Wildman–Crippen LogP) is 3.91. The Kier molecular flexibility index (Phi) is 4.93. The molecule has 122 valence electrons. The van der Waals surface area contributed by atoms with Crippen LogP contribution in [-0.4, -0.2) is 35.7 Å². The average Bonchev–Trinajstić information content (AvgIpc) is 3.28. The lowest BCUT2D eigenvalue weighted by Gasteiger charge is -2.23. The normalized spacial score (nSPS) is 19.9. The van der Waals surface area contributed by atoms with E-state index in [9.17, 15) is 4.79 Å². The standard InChI is InChI=1S/C17H18Cl2N2O2/c1-2-7-21(17(22)11-3-4-11)10-13-9-16(20-23-13)12-5-6-14(18)15(19)8-12/h2,5-6,8,11,13H,1,3-4,7,9-10H2. The highest BCUT2D eigenvalue weighted by Gasteiger charge is 2.35. The Bertz CT molecular complexity index is 656. The third-order valence-electron chi connectivity index (χ3n) is 4.00. The highest BCUT2D eigenvalue weighted by molar-refractivity contribution is 6.42. The zero-order valence-electron chi connectivity index (χ0n) is 12.7. The van der Waals surface area contributed by atoms with Crippen LogP contribution >= 0.6 is 23.2 Å². The number of hydrogen-bond donors (Lipinski definition) is 0. The molecule has 1 aromatic carbocycles. The Hall–Kier alpha value is -1.52. The molecule has 0 saturated heterocycles. The summed E-state index contributed by atoms with van der Waals surface area (Å²) in [6, 6.07) is 5.40. The third kappa shape index (κ3) is 3.88. The van der Waals surface area contributed by atoms with Crippen LogP contribution in [0.5, 0.6) is 0 Å². The van der Waals surface area contributed by atoms with Crippen molar-refractivity contribution in [3.63, 3.8) is 0 Å². The van der Waals surface area contributed by atoms with E-state index in [0.29, 0.717) is 29.6 Å². The number of carbonyl (C=O) groups excluding carboxylic acids is 1. The van der Waals surface area contributed by atoms with Gasteiger partial charge in [-0.3, -0.25) is 4.79 Å². The SMILES string of the molecule is C=CCN(CC1CC(c2ccc(Cl)c(Cl)c2)=NO1)C(=O)C1CC1. The van der Waals surface area contributed by atoms with Crippen molar-refractivity contribution in [1.29, 1.82) is 0 Å². The number of nitrogens with zero attached hydrogens (tertiary/aromatic N) is 2. The van der Waals surface area contributed by atoms with Crippen LogP contribution in [0, 0.1) is 5.92 Å². The number of hydrogen-bond acceptors (Lipinski definition) is 3. The number of rotatable bonds is 6. The summed E-state index contributed by atoms with van der Waals surface area (Å²) >= 11 is 12.0. The minimum atomic E-state index is -0.137. The van der Waals surface area contributed by atoms with E-state index in [2.05, 4.69) is 11.7 Å². The topological polar surface area (TPSA) is 41.9 Å². The van der Waals surface area contributed by atoms with E-state index in [1.165, 1.54) is 0 Å². The molecule has 4 nitrogen and oxygen atoms in total. The van der Waals surface area contributed by atoms with Gasteiger partial charge < -0.3 is 9.74 Å². The summed E-state index contributed by atoms with van der Waals surface area (Å²) in [5.74, 6) is 0.378. The van der Waals surface area contributed by atoms with Crippen LogP contribution in [0.4, 0.5) is 0 Å². The highest BCUT2D eigenvalue weighted by Crippen LogP contribution is 2.31. The first-order chi connectivity index (χ1) is 11.1. The van der Waals surface area contributed by atoms with Crippen molar-refractivity contribution < 1.29 is 9.63 Å². The molecular weight excluding hydrogens is 335 g/mol. The van der Waals surface area contributed by atoms with Gasteiger partial charge in [0.1, 0.15) is 0 Å². The summed E-state index contributed by atoms with van der Waals surface area (Å²) in [5.41, 5.74) is 1.72. The predicted molar refractivity (Wildman–Crippen MR) is 92.0 cm³/mol. The fourth-order valence-electron chi connectivity index (χ4n) is 2.62. The van der Waals surface area contributed by atoms with E-state index >= 15 is 0 Å². The van der Waals surface area contributed by atoms with Crippen molar-refractivity contribution in [3.8, 4) is 0 Å². The van der Waals surface area contributed by atoms with Gasteiger partial charge in [-0.05, 0) is 25.0 Å². The van der Waals surface area contributed by atoms with Crippen molar-refractivity contribution >= 4 is 34.8 Å². The van der Waals surface area contributed by atoms with Gasteiger partial charge >= 0.3 is 0 Å². The van der Waals surface area contributed by atoms with Crippen LogP contribution in [0.3, 0.4) is 0 Å². The molecule has 1 aliphatic carbocycles. The lowest BCUT2D eigenvalue weighted by molar-refractivity contribution is -0.133. The first kappa shape index (κ1) is 16.3. The van der Waals surface area contributed by atoms with Gasteiger partial charge in [0.05, 0.1) is 22.3 Å². The molecule has 1 atom stereocenters. The van der Waals surface area contributed by atoms with E-state index in [4.69, 9.17) is 28.0 Å². The Balaban J connectivity index is 1.62. The molecule has 1 saturated carbocycles. The molecule has 1 amide bonds. The van der Waals surface area contributed by atoms with Gasteiger partial charge in [0.2, 0.25) is 5.91 Å². The first-order valence-electron chi connectivity index (χ1n) is 7.66. The van der Waals surface area contributed by atoms with Crippen molar-refractivity contribution in [2.75, 3.05) is 13.1 Å².